The number of carbonyl (C=O) groups excluding carboxylic acids is 1. The first-order chi connectivity index (χ1) is 7.54. The summed E-state index contributed by atoms with van der Waals surface area (Å²) in [7, 11) is 1.64. The number of likely N-dealkylation sites (N-methyl/N-ethyl adjacent to an activating group) is 1. The van der Waals surface area contributed by atoms with E-state index in [0.29, 0.717) is 6.54 Å². The molecule has 1 atom stereocenters. The van der Waals surface area contributed by atoms with E-state index in [1.807, 2.05) is 24.3 Å². The largest absolute Gasteiger partial charge is 0.382 e. The van der Waals surface area contributed by atoms with E-state index < -0.39 is 6.10 Å². The number of aliphatic hydroxyl groups is 1. The Hall–Kier alpha value is -0.910. The van der Waals surface area contributed by atoms with E-state index in [9.17, 15) is 9.90 Å². The number of carbonyl (C=O) groups is 1. The standard InChI is InChI=1S/C11H15BrN2O2/c1-14(11(16)10(15)6-13)7-8-2-4-9(12)5-3-8/h2-5,10,15H,6-7,13H2,1H3. The Morgan fingerprint density at radius 1 is 1.50 bits per heavy atom. The molecule has 0 bridgehead atoms. The molecule has 1 aromatic rings. The molecule has 0 aliphatic carbocycles. The number of nitrogens with zero attached hydrogens (tertiary/aromatic N) is 1. The maximum atomic E-state index is 11.5. The van der Waals surface area contributed by atoms with Crippen LogP contribution < -0.4 is 5.73 Å². The van der Waals surface area contributed by atoms with Gasteiger partial charge in [-0.25, -0.2) is 0 Å². The molecule has 0 saturated heterocycles. The Kier molecular flexibility index (Phi) is 4.92. The van der Waals surface area contributed by atoms with Gasteiger partial charge in [0, 0.05) is 24.6 Å². The maximum absolute atomic E-state index is 11.5. The van der Waals surface area contributed by atoms with Crippen LogP contribution in [0.1, 0.15) is 5.56 Å². The topological polar surface area (TPSA) is 66.6 Å². The molecule has 0 fully saturated rings. The predicted octanol–water partition coefficient (Wildman–Crippen LogP) is 0.727. The Balaban J connectivity index is 2.60. The Labute approximate surface area is 103 Å². The number of aliphatic hydroxyl groups excluding tert-OH is 1. The summed E-state index contributed by atoms with van der Waals surface area (Å²) in [5.74, 6) is -0.356. The first kappa shape index (κ1) is 13.2. The van der Waals surface area contributed by atoms with Crippen molar-refractivity contribution in [1.82, 2.24) is 4.90 Å². The van der Waals surface area contributed by atoms with Gasteiger partial charge in [0.2, 0.25) is 0 Å². The first-order valence-corrected chi connectivity index (χ1v) is 5.71. The van der Waals surface area contributed by atoms with Crippen molar-refractivity contribution in [2.24, 2.45) is 5.73 Å². The number of hydrogen-bond acceptors (Lipinski definition) is 3. The molecule has 0 aromatic heterocycles. The summed E-state index contributed by atoms with van der Waals surface area (Å²) in [6.45, 7) is 0.409. The molecule has 88 valence electrons. The van der Waals surface area contributed by atoms with Crippen molar-refractivity contribution in [1.29, 1.82) is 0 Å². The van der Waals surface area contributed by atoms with Crippen molar-refractivity contribution in [3.05, 3.63) is 34.3 Å². The Morgan fingerprint density at radius 2 is 2.06 bits per heavy atom. The summed E-state index contributed by atoms with van der Waals surface area (Å²) in [6, 6.07) is 7.66. The van der Waals surface area contributed by atoms with Gasteiger partial charge in [-0.15, -0.1) is 0 Å². The number of amides is 1. The lowest BCUT2D eigenvalue weighted by Gasteiger charge is -2.19. The second-order valence-electron chi connectivity index (χ2n) is 3.57. The van der Waals surface area contributed by atoms with Crippen molar-refractivity contribution in [3.63, 3.8) is 0 Å². The van der Waals surface area contributed by atoms with Crippen molar-refractivity contribution in [3.8, 4) is 0 Å². The maximum Gasteiger partial charge on any atom is 0.252 e. The molecule has 4 nitrogen and oxygen atoms in total. The molecule has 0 heterocycles. The van der Waals surface area contributed by atoms with Crippen LogP contribution in [-0.2, 0) is 11.3 Å². The minimum atomic E-state index is -1.11. The molecule has 5 heteroatoms. The van der Waals surface area contributed by atoms with Crippen LogP contribution in [0.3, 0.4) is 0 Å². The van der Waals surface area contributed by atoms with E-state index in [-0.39, 0.29) is 12.5 Å². The third kappa shape index (κ3) is 3.59. The van der Waals surface area contributed by atoms with Crippen LogP contribution in [0, 0.1) is 0 Å². The van der Waals surface area contributed by atoms with E-state index in [1.165, 1.54) is 4.90 Å². The molecule has 1 amide bonds. The molecule has 3 N–H and O–H groups in total. The molecule has 0 aliphatic rings. The van der Waals surface area contributed by atoms with Gasteiger partial charge in [-0.2, -0.15) is 0 Å². The number of nitrogens with two attached hydrogens (primary N) is 1. The zero-order valence-electron chi connectivity index (χ0n) is 9.06. The lowest BCUT2D eigenvalue weighted by Crippen LogP contribution is -2.40. The molecule has 1 rings (SSSR count). The summed E-state index contributed by atoms with van der Waals surface area (Å²) in [5, 5.41) is 9.30. The fraction of sp³-hybridized carbons (Fsp3) is 0.364. The molecule has 0 spiro atoms. The van der Waals surface area contributed by atoms with Crippen LogP contribution in [0.2, 0.25) is 0 Å². The minimum Gasteiger partial charge on any atom is -0.382 e. The zero-order chi connectivity index (χ0) is 12.1. The van der Waals surface area contributed by atoms with E-state index in [1.54, 1.807) is 7.05 Å². The van der Waals surface area contributed by atoms with Crippen molar-refractivity contribution in [2.45, 2.75) is 12.6 Å². The molecular weight excluding hydrogens is 272 g/mol. The van der Waals surface area contributed by atoms with Gasteiger partial charge in [-0.3, -0.25) is 4.79 Å². The van der Waals surface area contributed by atoms with Gasteiger partial charge in [0.15, 0.2) is 0 Å². The average Bonchev–Trinajstić information content (AvgIpc) is 2.30. The average molecular weight is 287 g/mol. The summed E-state index contributed by atoms with van der Waals surface area (Å²) < 4.78 is 0.993. The van der Waals surface area contributed by atoms with Gasteiger partial charge >= 0.3 is 0 Å². The third-order valence-corrected chi connectivity index (χ3v) is 2.75. The lowest BCUT2D eigenvalue weighted by atomic mass is 10.2. The van der Waals surface area contributed by atoms with Gasteiger partial charge in [0.05, 0.1) is 0 Å². The van der Waals surface area contributed by atoms with Gasteiger partial charge in [0.25, 0.3) is 5.91 Å². The SMILES string of the molecule is CN(Cc1ccc(Br)cc1)C(=O)C(O)CN. The number of rotatable bonds is 4. The lowest BCUT2D eigenvalue weighted by molar-refractivity contribution is -0.138. The van der Waals surface area contributed by atoms with E-state index >= 15 is 0 Å². The van der Waals surface area contributed by atoms with Crippen molar-refractivity contribution >= 4 is 21.8 Å². The second-order valence-corrected chi connectivity index (χ2v) is 4.49. The van der Waals surface area contributed by atoms with E-state index in [4.69, 9.17) is 5.73 Å². The molecule has 1 unspecified atom stereocenters. The molecular formula is C11H15BrN2O2. The predicted molar refractivity (Wildman–Crippen MR) is 65.7 cm³/mol. The van der Waals surface area contributed by atoms with Crippen LogP contribution in [0.5, 0.6) is 0 Å². The molecule has 0 radical (unpaired) electrons. The molecule has 16 heavy (non-hydrogen) atoms. The highest BCUT2D eigenvalue weighted by atomic mass is 79.9. The highest BCUT2D eigenvalue weighted by Crippen LogP contribution is 2.12. The van der Waals surface area contributed by atoms with Gasteiger partial charge < -0.3 is 15.7 Å². The summed E-state index contributed by atoms with van der Waals surface area (Å²) in [6.07, 6.45) is -1.11. The Bertz CT molecular complexity index is 354. The van der Waals surface area contributed by atoms with E-state index in [2.05, 4.69) is 15.9 Å². The first-order valence-electron chi connectivity index (χ1n) is 4.92. The summed E-state index contributed by atoms with van der Waals surface area (Å²) in [4.78, 5) is 13.0. The number of halogens is 1. The number of hydrogen-bond donors (Lipinski definition) is 2. The van der Waals surface area contributed by atoms with Gasteiger partial charge in [0.1, 0.15) is 6.10 Å². The molecule has 0 saturated carbocycles. The van der Waals surface area contributed by atoms with Crippen LogP contribution in [0.4, 0.5) is 0 Å². The quantitative estimate of drug-likeness (QED) is 0.858. The zero-order valence-corrected chi connectivity index (χ0v) is 10.6. The highest BCUT2D eigenvalue weighted by Gasteiger charge is 2.17. The van der Waals surface area contributed by atoms with Crippen molar-refractivity contribution in [2.75, 3.05) is 13.6 Å². The third-order valence-electron chi connectivity index (χ3n) is 2.22. The minimum absolute atomic E-state index is 0.0521. The number of benzene rings is 1. The molecule has 0 aliphatic heterocycles. The van der Waals surface area contributed by atoms with E-state index in [0.717, 1.165) is 10.0 Å². The highest BCUT2D eigenvalue weighted by molar-refractivity contribution is 9.10. The Morgan fingerprint density at radius 3 is 2.56 bits per heavy atom. The smallest absolute Gasteiger partial charge is 0.252 e. The monoisotopic (exact) mass is 286 g/mol. The van der Waals surface area contributed by atoms with Crippen molar-refractivity contribution < 1.29 is 9.90 Å². The van der Waals surface area contributed by atoms with Gasteiger partial charge in [-0.1, -0.05) is 28.1 Å². The fourth-order valence-electron chi connectivity index (χ4n) is 1.30. The van der Waals surface area contributed by atoms with Crippen LogP contribution in [-0.4, -0.2) is 35.6 Å². The van der Waals surface area contributed by atoms with Crippen LogP contribution in [0.25, 0.3) is 0 Å². The fourth-order valence-corrected chi connectivity index (χ4v) is 1.56. The van der Waals surface area contributed by atoms with Crippen LogP contribution >= 0.6 is 15.9 Å². The summed E-state index contributed by atoms with van der Waals surface area (Å²) in [5.41, 5.74) is 6.22. The normalized spacial score (nSPS) is 12.2. The molecule has 1 aromatic carbocycles. The second kappa shape index (κ2) is 5.98. The van der Waals surface area contributed by atoms with Crippen LogP contribution in [0.15, 0.2) is 28.7 Å². The van der Waals surface area contributed by atoms with Gasteiger partial charge in [-0.05, 0) is 17.7 Å². The summed E-state index contributed by atoms with van der Waals surface area (Å²) >= 11 is 3.34.